The van der Waals surface area contributed by atoms with Crippen molar-refractivity contribution in [2.45, 2.75) is 13.1 Å². The average Bonchev–Trinajstić information content (AvgIpc) is 2.33. The predicted octanol–water partition coefficient (Wildman–Crippen LogP) is 2.85. The summed E-state index contributed by atoms with van der Waals surface area (Å²) in [5.74, 6) is -0.148. The number of rotatable bonds is 4. The quantitative estimate of drug-likeness (QED) is 0.803. The van der Waals surface area contributed by atoms with Crippen LogP contribution in [0.15, 0.2) is 48.8 Å². The largest absolute Gasteiger partial charge is 0.298 e. The Bertz CT molecular complexity index is 471. The highest BCUT2D eigenvalue weighted by Crippen LogP contribution is 2.10. The van der Waals surface area contributed by atoms with Crippen LogP contribution < -0.4 is 0 Å². The van der Waals surface area contributed by atoms with E-state index < -0.39 is 0 Å². The summed E-state index contributed by atoms with van der Waals surface area (Å²) in [6.45, 7) is 1.36. The van der Waals surface area contributed by atoms with Gasteiger partial charge in [0, 0.05) is 31.0 Å². The smallest absolute Gasteiger partial charge is 0.127 e. The van der Waals surface area contributed by atoms with Gasteiger partial charge >= 0.3 is 0 Å². The molecule has 1 aromatic heterocycles. The highest BCUT2D eigenvalue weighted by Gasteiger charge is 2.05. The summed E-state index contributed by atoms with van der Waals surface area (Å²) in [6, 6.07) is 10.8. The molecule has 2 nitrogen and oxygen atoms in total. The third kappa shape index (κ3) is 3.36. The molecule has 2 aromatic rings. The Morgan fingerprint density at radius 3 is 2.65 bits per heavy atom. The molecule has 0 aliphatic heterocycles. The average molecular weight is 230 g/mol. The van der Waals surface area contributed by atoms with Crippen LogP contribution in [0.2, 0.25) is 0 Å². The van der Waals surface area contributed by atoms with Gasteiger partial charge in [0.2, 0.25) is 0 Å². The number of hydrogen-bond donors (Lipinski definition) is 0. The lowest BCUT2D eigenvalue weighted by molar-refractivity contribution is 0.313. The first-order valence-electron chi connectivity index (χ1n) is 5.56. The van der Waals surface area contributed by atoms with E-state index in [4.69, 9.17) is 0 Å². The predicted molar refractivity (Wildman–Crippen MR) is 65.8 cm³/mol. The molecule has 88 valence electrons. The number of aromatic nitrogens is 1. The molecule has 0 spiro atoms. The molecule has 0 amide bonds. The van der Waals surface area contributed by atoms with Gasteiger partial charge in [-0.2, -0.15) is 0 Å². The molecule has 0 N–H and O–H groups in total. The van der Waals surface area contributed by atoms with Crippen LogP contribution >= 0.6 is 0 Å². The van der Waals surface area contributed by atoms with Gasteiger partial charge in [0.1, 0.15) is 5.82 Å². The Kier molecular flexibility index (Phi) is 3.83. The zero-order valence-corrected chi connectivity index (χ0v) is 9.81. The van der Waals surface area contributed by atoms with Gasteiger partial charge in [0.15, 0.2) is 0 Å². The van der Waals surface area contributed by atoms with Crippen LogP contribution in [0.5, 0.6) is 0 Å². The third-order valence-corrected chi connectivity index (χ3v) is 2.57. The van der Waals surface area contributed by atoms with Crippen molar-refractivity contribution in [3.05, 3.63) is 65.7 Å². The molecule has 0 bridgehead atoms. The number of halogens is 1. The number of hydrogen-bond acceptors (Lipinski definition) is 2. The summed E-state index contributed by atoms with van der Waals surface area (Å²) in [5.41, 5.74) is 1.85. The van der Waals surface area contributed by atoms with E-state index in [0.29, 0.717) is 6.54 Å². The Labute approximate surface area is 101 Å². The summed E-state index contributed by atoms with van der Waals surface area (Å²) >= 11 is 0. The highest BCUT2D eigenvalue weighted by atomic mass is 19.1. The SMILES string of the molecule is CN(Cc1cccnc1)Cc1ccccc1F. The molecule has 1 aromatic carbocycles. The molecule has 3 heteroatoms. The first-order chi connectivity index (χ1) is 8.25. The topological polar surface area (TPSA) is 16.1 Å². The van der Waals surface area contributed by atoms with E-state index in [1.54, 1.807) is 12.3 Å². The maximum Gasteiger partial charge on any atom is 0.127 e. The van der Waals surface area contributed by atoms with Crippen LogP contribution in [-0.4, -0.2) is 16.9 Å². The van der Waals surface area contributed by atoms with Crippen LogP contribution in [0.25, 0.3) is 0 Å². The Hall–Kier alpha value is -1.74. The van der Waals surface area contributed by atoms with Crippen LogP contribution in [0, 0.1) is 5.82 Å². The van der Waals surface area contributed by atoms with E-state index in [-0.39, 0.29) is 5.82 Å². The van der Waals surface area contributed by atoms with Gasteiger partial charge in [-0.25, -0.2) is 4.39 Å². The molecule has 0 atom stereocenters. The number of benzene rings is 1. The van der Waals surface area contributed by atoms with Gasteiger partial charge in [-0.1, -0.05) is 24.3 Å². The lowest BCUT2D eigenvalue weighted by Crippen LogP contribution is -2.18. The van der Waals surface area contributed by atoms with Crippen molar-refractivity contribution in [1.29, 1.82) is 0 Å². The second kappa shape index (κ2) is 5.55. The molecule has 0 aliphatic carbocycles. The van der Waals surface area contributed by atoms with Crippen LogP contribution in [0.1, 0.15) is 11.1 Å². The van der Waals surface area contributed by atoms with Gasteiger partial charge in [-0.3, -0.25) is 9.88 Å². The zero-order chi connectivity index (χ0) is 12.1. The maximum atomic E-state index is 13.4. The van der Waals surface area contributed by atoms with Crippen molar-refractivity contribution in [2.24, 2.45) is 0 Å². The Morgan fingerprint density at radius 1 is 1.12 bits per heavy atom. The molecule has 0 saturated carbocycles. The van der Waals surface area contributed by atoms with E-state index in [9.17, 15) is 4.39 Å². The fourth-order valence-corrected chi connectivity index (χ4v) is 1.78. The van der Waals surface area contributed by atoms with Gasteiger partial charge in [-0.15, -0.1) is 0 Å². The van der Waals surface area contributed by atoms with Gasteiger partial charge in [0.25, 0.3) is 0 Å². The van der Waals surface area contributed by atoms with Crippen molar-refractivity contribution in [3.63, 3.8) is 0 Å². The minimum absolute atomic E-state index is 0.148. The molecule has 0 saturated heterocycles. The summed E-state index contributed by atoms with van der Waals surface area (Å²) in [6.07, 6.45) is 3.58. The van der Waals surface area contributed by atoms with E-state index in [1.165, 1.54) is 6.07 Å². The molecule has 1 heterocycles. The lowest BCUT2D eigenvalue weighted by atomic mass is 10.2. The summed E-state index contributed by atoms with van der Waals surface area (Å²) < 4.78 is 13.4. The van der Waals surface area contributed by atoms with Gasteiger partial charge < -0.3 is 0 Å². The van der Waals surface area contributed by atoms with Gasteiger partial charge in [0.05, 0.1) is 0 Å². The Morgan fingerprint density at radius 2 is 1.94 bits per heavy atom. The van der Waals surface area contributed by atoms with Crippen molar-refractivity contribution < 1.29 is 4.39 Å². The van der Waals surface area contributed by atoms with E-state index in [0.717, 1.165) is 17.7 Å². The maximum absolute atomic E-state index is 13.4. The minimum Gasteiger partial charge on any atom is -0.298 e. The molecule has 2 rings (SSSR count). The molecule has 17 heavy (non-hydrogen) atoms. The van der Waals surface area contributed by atoms with E-state index in [1.807, 2.05) is 37.5 Å². The standard InChI is InChI=1S/C14H15FN2/c1-17(10-12-5-4-8-16-9-12)11-13-6-2-3-7-14(13)15/h2-9H,10-11H2,1H3. The van der Waals surface area contributed by atoms with Crippen LogP contribution in [0.4, 0.5) is 4.39 Å². The first-order valence-corrected chi connectivity index (χ1v) is 5.56. The van der Waals surface area contributed by atoms with Crippen molar-refractivity contribution >= 4 is 0 Å². The molecule has 0 fully saturated rings. The van der Waals surface area contributed by atoms with Crippen LogP contribution in [0.3, 0.4) is 0 Å². The minimum atomic E-state index is -0.148. The molecule has 0 radical (unpaired) electrons. The number of pyridine rings is 1. The Balaban J connectivity index is 1.98. The fourth-order valence-electron chi connectivity index (χ4n) is 1.78. The molecule has 0 aliphatic rings. The van der Waals surface area contributed by atoms with E-state index >= 15 is 0 Å². The summed E-state index contributed by atoms with van der Waals surface area (Å²) in [4.78, 5) is 6.13. The van der Waals surface area contributed by atoms with Gasteiger partial charge in [-0.05, 0) is 24.7 Å². The molecular weight excluding hydrogens is 215 g/mol. The summed E-state index contributed by atoms with van der Waals surface area (Å²) in [5, 5.41) is 0. The molecule has 0 unspecified atom stereocenters. The van der Waals surface area contributed by atoms with Crippen molar-refractivity contribution in [2.75, 3.05) is 7.05 Å². The first kappa shape index (κ1) is 11.7. The van der Waals surface area contributed by atoms with Crippen molar-refractivity contribution in [3.8, 4) is 0 Å². The second-order valence-electron chi connectivity index (χ2n) is 4.12. The third-order valence-electron chi connectivity index (χ3n) is 2.57. The van der Waals surface area contributed by atoms with E-state index in [2.05, 4.69) is 9.88 Å². The zero-order valence-electron chi connectivity index (χ0n) is 9.81. The normalized spacial score (nSPS) is 10.8. The highest BCUT2D eigenvalue weighted by molar-refractivity contribution is 5.17. The number of nitrogens with zero attached hydrogens (tertiary/aromatic N) is 2. The molecular formula is C14H15FN2. The monoisotopic (exact) mass is 230 g/mol. The lowest BCUT2D eigenvalue weighted by Gasteiger charge is -2.16. The summed E-state index contributed by atoms with van der Waals surface area (Å²) in [7, 11) is 1.97. The second-order valence-corrected chi connectivity index (χ2v) is 4.12. The van der Waals surface area contributed by atoms with Crippen LogP contribution in [-0.2, 0) is 13.1 Å². The fraction of sp³-hybridized carbons (Fsp3) is 0.214. The van der Waals surface area contributed by atoms with Crippen molar-refractivity contribution in [1.82, 2.24) is 9.88 Å².